The first-order valence-corrected chi connectivity index (χ1v) is 11.9. The molecule has 0 aromatic heterocycles. The molecule has 1 aliphatic heterocycles. The Morgan fingerprint density at radius 1 is 0.938 bits per heavy atom. The molecule has 1 aliphatic rings. The Morgan fingerprint density at radius 2 is 1.56 bits per heavy atom. The summed E-state index contributed by atoms with van der Waals surface area (Å²) in [5.74, 6) is 0.651. The Morgan fingerprint density at radius 3 is 2.12 bits per heavy atom. The molecule has 2 aromatic carbocycles. The fourth-order valence-electron chi connectivity index (χ4n) is 4.78. The lowest BCUT2D eigenvalue weighted by Crippen LogP contribution is -2.50. The minimum atomic E-state index is -0.552. The van der Waals surface area contributed by atoms with E-state index in [1.807, 2.05) is 12.1 Å². The largest absolute Gasteiger partial charge is 0.490 e. The molecule has 1 N–H and O–H groups in total. The third-order valence-electron chi connectivity index (χ3n) is 6.63. The summed E-state index contributed by atoms with van der Waals surface area (Å²) in [4.78, 5) is 0. The maximum atomic E-state index is 13.3. The van der Waals surface area contributed by atoms with Gasteiger partial charge in [0.2, 0.25) is 0 Å². The van der Waals surface area contributed by atoms with E-state index in [-0.39, 0.29) is 23.3 Å². The van der Waals surface area contributed by atoms with E-state index in [1.54, 1.807) is 0 Å². The van der Waals surface area contributed by atoms with Gasteiger partial charge in [0.05, 0.1) is 13.1 Å². The zero-order chi connectivity index (χ0) is 23.6. The van der Waals surface area contributed by atoms with Gasteiger partial charge in [-0.15, -0.1) is 0 Å². The van der Waals surface area contributed by atoms with Gasteiger partial charge >= 0.3 is 0 Å². The quantitative estimate of drug-likeness (QED) is 0.535. The number of likely N-dealkylation sites (tertiary alicyclic amines) is 1. The van der Waals surface area contributed by atoms with Crippen LogP contribution in [0.5, 0.6) is 5.75 Å². The Kier molecular flexibility index (Phi) is 7.36. The lowest BCUT2D eigenvalue weighted by molar-refractivity contribution is -0.932. The van der Waals surface area contributed by atoms with Crippen molar-refractivity contribution in [2.75, 3.05) is 26.2 Å². The second-order valence-electron chi connectivity index (χ2n) is 11.6. The molecule has 1 saturated heterocycles. The smallest absolute Gasteiger partial charge is 0.137 e. The van der Waals surface area contributed by atoms with E-state index in [1.165, 1.54) is 23.3 Å². The van der Waals surface area contributed by atoms with Crippen molar-refractivity contribution in [1.29, 1.82) is 0 Å². The van der Waals surface area contributed by atoms with E-state index in [9.17, 15) is 9.50 Å². The molecule has 0 bridgehead atoms. The number of ether oxygens (including phenoxy) is 1. The summed E-state index contributed by atoms with van der Waals surface area (Å²) in [5, 5.41) is 10.9. The molecule has 3 rings (SSSR count). The van der Waals surface area contributed by atoms with Gasteiger partial charge in [-0.1, -0.05) is 65.8 Å². The molecule has 0 spiro atoms. The van der Waals surface area contributed by atoms with E-state index in [2.05, 4.69) is 59.7 Å². The highest BCUT2D eigenvalue weighted by molar-refractivity contribution is 5.43. The van der Waals surface area contributed by atoms with Gasteiger partial charge in [0.25, 0.3) is 0 Å². The lowest BCUT2D eigenvalue weighted by Gasteiger charge is -2.36. The Bertz CT molecular complexity index is 887. The van der Waals surface area contributed by atoms with E-state index in [4.69, 9.17) is 4.74 Å². The third-order valence-corrected chi connectivity index (χ3v) is 6.63. The predicted octanol–water partition coefficient (Wildman–Crippen LogP) is 5.97. The van der Waals surface area contributed by atoms with Gasteiger partial charge in [0.1, 0.15) is 37.4 Å². The van der Waals surface area contributed by atoms with Crippen molar-refractivity contribution < 1.29 is 18.7 Å². The average molecular weight is 443 g/mol. The van der Waals surface area contributed by atoms with Crippen LogP contribution in [0.15, 0.2) is 42.5 Å². The van der Waals surface area contributed by atoms with E-state index < -0.39 is 6.10 Å². The number of quaternary nitrogens is 1. The van der Waals surface area contributed by atoms with Crippen LogP contribution in [-0.2, 0) is 17.4 Å². The first kappa shape index (κ1) is 24.7. The van der Waals surface area contributed by atoms with Crippen molar-refractivity contribution >= 4 is 0 Å². The number of aliphatic hydroxyl groups is 1. The van der Waals surface area contributed by atoms with E-state index >= 15 is 0 Å². The van der Waals surface area contributed by atoms with Crippen LogP contribution < -0.4 is 4.74 Å². The van der Waals surface area contributed by atoms with Crippen molar-refractivity contribution in [1.82, 2.24) is 0 Å². The zero-order valence-corrected chi connectivity index (χ0v) is 20.7. The van der Waals surface area contributed by atoms with Gasteiger partial charge in [0, 0.05) is 18.4 Å². The average Bonchev–Trinajstić information content (AvgIpc) is 3.14. The van der Waals surface area contributed by atoms with Crippen LogP contribution in [-0.4, -0.2) is 41.9 Å². The molecule has 176 valence electrons. The highest BCUT2D eigenvalue weighted by atomic mass is 19.1. The maximum Gasteiger partial charge on any atom is 0.137 e. The molecule has 3 nitrogen and oxygen atoms in total. The van der Waals surface area contributed by atoms with Crippen molar-refractivity contribution in [3.8, 4) is 5.75 Å². The second kappa shape index (κ2) is 9.52. The van der Waals surface area contributed by atoms with E-state index in [0.29, 0.717) is 6.54 Å². The molecular weight excluding hydrogens is 401 g/mol. The van der Waals surface area contributed by atoms with E-state index in [0.717, 1.165) is 48.3 Å². The molecule has 0 radical (unpaired) electrons. The predicted molar refractivity (Wildman–Crippen MR) is 130 cm³/mol. The molecule has 32 heavy (non-hydrogen) atoms. The van der Waals surface area contributed by atoms with Crippen LogP contribution in [0.25, 0.3) is 0 Å². The molecule has 0 aliphatic carbocycles. The number of aliphatic hydroxyl groups excluding tert-OH is 1. The Balaban J connectivity index is 1.70. The Hall–Kier alpha value is -1.91. The summed E-state index contributed by atoms with van der Waals surface area (Å²) in [7, 11) is 0. The first-order valence-electron chi connectivity index (χ1n) is 11.9. The summed E-state index contributed by atoms with van der Waals surface area (Å²) in [5.41, 5.74) is 3.61. The molecule has 0 amide bonds. The molecule has 0 saturated carbocycles. The number of hydrogen-bond donors (Lipinski definition) is 1. The molecule has 1 fully saturated rings. The number of rotatable bonds is 7. The van der Waals surface area contributed by atoms with Gasteiger partial charge in [-0.3, -0.25) is 0 Å². The summed E-state index contributed by atoms with van der Waals surface area (Å²) in [6.45, 7) is 17.1. The highest BCUT2D eigenvalue weighted by Crippen LogP contribution is 2.35. The van der Waals surface area contributed by atoms with Crippen LogP contribution >= 0.6 is 0 Å². The summed E-state index contributed by atoms with van der Waals surface area (Å²) >= 11 is 0. The topological polar surface area (TPSA) is 29.5 Å². The number of benzene rings is 2. The van der Waals surface area contributed by atoms with Crippen molar-refractivity contribution in [3.63, 3.8) is 0 Å². The molecular formula is C28H41FNO2+. The first-order chi connectivity index (χ1) is 14.9. The third kappa shape index (κ3) is 6.32. The van der Waals surface area contributed by atoms with Gasteiger partial charge < -0.3 is 14.3 Å². The minimum Gasteiger partial charge on any atom is -0.490 e. The standard InChI is InChI=1S/C28H41FNO2/c1-27(2,3)22-11-14-26(25(17-22)28(4,5)6)32-20-24(31)19-30(15-7-8-16-30)18-21-9-12-23(29)13-10-21/h9-14,17,24,31H,7-8,15-16,18-20H2,1-6H3/q+1/t24-/m1/s1. The number of nitrogens with zero attached hydrogens (tertiary/aromatic N) is 1. The van der Waals surface area contributed by atoms with Crippen molar-refractivity contribution in [2.45, 2.75) is 77.9 Å². The fraction of sp³-hybridized carbons (Fsp3) is 0.571. The molecule has 4 heteroatoms. The minimum absolute atomic E-state index is 0.0487. The highest BCUT2D eigenvalue weighted by Gasteiger charge is 2.35. The van der Waals surface area contributed by atoms with Crippen LogP contribution in [0.2, 0.25) is 0 Å². The van der Waals surface area contributed by atoms with Gasteiger partial charge in [-0.05, 0) is 40.2 Å². The molecule has 0 unspecified atom stereocenters. The summed E-state index contributed by atoms with van der Waals surface area (Å²) in [6.07, 6.45) is 1.78. The fourth-order valence-corrected chi connectivity index (χ4v) is 4.78. The SMILES string of the molecule is CC(C)(C)c1ccc(OC[C@H](O)C[N+]2(Cc3ccc(F)cc3)CCCC2)c(C(C)(C)C)c1. The summed E-state index contributed by atoms with van der Waals surface area (Å²) < 4.78 is 20.4. The maximum absolute atomic E-state index is 13.3. The number of halogens is 1. The van der Waals surface area contributed by atoms with Gasteiger partial charge in [0.15, 0.2) is 0 Å². The van der Waals surface area contributed by atoms with Crippen LogP contribution in [0.1, 0.15) is 71.1 Å². The molecule has 1 atom stereocenters. The monoisotopic (exact) mass is 442 g/mol. The summed E-state index contributed by atoms with van der Waals surface area (Å²) in [6, 6.07) is 13.2. The lowest BCUT2D eigenvalue weighted by atomic mass is 9.80. The normalized spacial score (nSPS) is 17.4. The zero-order valence-electron chi connectivity index (χ0n) is 20.7. The number of hydrogen-bond acceptors (Lipinski definition) is 2. The molecule has 1 heterocycles. The van der Waals surface area contributed by atoms with Gasteiger partial charge in [-0.2, -0.15) is 0 Å². The molecule has 2 aromatic rings. The van der Waals surface area contributed by atoms with Crippen molar-refractivity contribution in [2.24, 2.45) is 0 Å². The van der Waals surface area contributed by atoms with Gasteiger partial charge in [-0.25, -0.2) is 4.39 Å². The Labute approximate surface area is 193 Å². The van der Waals surface area contributed by atoms with Crippen molar-refractivity contribution in [3.05, 3.63) is 65.0 Å². The second-order valence-corrected chi connectivity index (χ2v) is 11.6. The van der Waals surface area contributed by atoms with Crippen LogP contribution in [0, 0.1) is 5.82 Å². The van der Waals surface area contributed by atoms with Crippen LogP contribution in [0.4, 0.5) is 4.39 Å². The van der Waals surface area contributed by atoms with Crippen LogP contribution in [0.3, 0.4) is 0 Å².